The lowest BCUT2D eigenvalue weighted by Crippen LogP contribution is -2.43. The summed E-state index contributed by atoms with van der Waals surface area (Å²) in [5.41, 5.74) is 8.01. The number of nitrogens with zero attached hydrogens (tertiary/aromatic N) is 2. The number of aliphatic hydroxyl groups is 2. The van der Waals surface area contributed by atoms with Crippen LogP contribution in [0.5, 0.6) is 0 Å². The number of rotatable bonds is 7. The molecule has 1 aliphatic rings. The van der Waals surface area contributed by atoms with E-state index in [4.69, 9.17) is 16.2 Å². The van der Waals surface area contributed by atoms with Gasteiger partial charge in [-0.3, -0.25) is 5.41 Å². The van der Waals surface area contributed by atoms with E-state index < -0.39 is 5.72 Å². The van der Waals surface area contributed by atoms with Gasteiger partial charge in [-0.2, -0.15) is 5.06 Å². The third-order valence-electron chi connectivity index (χ3n) is 4.70. The molecule has 0 heterocycles. The van der Waals surface area contributed by atoms with Gasteiger partial charge in [0.2, 0.25) is 0 Å². The van der Waals surface area contributed by atoms with Crippen LogP contribution in [0.1, 0.15) is 12.5 Å². The van der Waals surface area contributed by atoms with E-state index in [0.29, 0.717) is 33.4 Å². The molecule has 0 saturated carbocycles. The first-order valence-corrected chi connectivity index (χ1v) is 9.40. The normalized spacial score (nSPS) is 17.5. The summed E-state index contributed by atoms with van der Waals surface area (Å²) in [5.74, 6) is 0. The van der Waals surface area contributed by atoms with Crippen LogP contribution in [0.15, 0.2) is 83.1 Å². The van der Waals surface area contributed by atoms with Crippen molar-refractivity contribution in [3.63, 3.8) is 0 Å². The number of allylic oxidation sites excluding steroid dienone is 2. The van der Waals surface area contributed by atoms with Crippen LogP contribution in [-0.4, -0.2) is 45.1 Å². The highest BCUT2D eigenvalue weighted by Gasteiger charge is 2.29. The first-order chi connectivity index (χ1) is 14.3. The number of benzene rings is 2. The molecule has 1 atom stereocenters. The Morgan fingerprint density at radius 2 is 1.77 bits per heavy atom. The highest BCUT2D eigenvalue weighted by molar-refractivity contribution is 6.23. The Kier molecular flexibility index (Phi) is 6.43. The van der Waals surface area contributed by atoms with E-state index in [1.807, 2.05) is 30.3 Å². The molecule has 0 amide bonds. The van der Waals surface area contributed by atoms with Crippen molar-refractivity contribution in [2.75, 3.05) is 18.5 Å². The summed E-state index contributed by atoms with van der Waals surface area (Å²) in [6.45, 7) is 1.05. The number of hydroxylamine groups is 2. The molecule has 1 unspecified atom stereocenters. The van der Waals surface area contributed by atoms with E-state index in [1.165, 1.54) is 6.92 Å². The van der Waals surface area contributed by atoms with Crippen LogP contribution in [0, 0.1) is 5.41 Å². The average Bonchev–Trinajstić information content (AvgIpc) is 2.73. The summed E-state index contributed by atoms with van der Waals surface area (Å²) in [6.07, 6.45) is 3.26. The molecular formula is C22H25N5O3. The number of hydrogen-bond donors (Lipinski definition) is 6. The average molecular weight is 407 g/mol. The molecule has 0 bridgehead atoms. The van der Waals surface area contributed by atoms with E-state index in [1.54, 1.807) is 36.4 Å². The van der Waals surface area contributed by atoms with Gasteiger partial charge >= 0.3 is 0 Å². The van der Waals surface area contributed by atoms with Gasteiger partial charge in [-0.25, -0.2) is 4.99 Å². The lowest BCUT2D eigenvalue weighted by atomic mass is 10.0. The van der Waals surface area contributed by atoms with Gasteiger partial charge in [-0.15, -0.1) is 0 Å². The topological polar surface area (TPSA) is 138 Å². The Morgan fingerprint density at radius 1 is 1.10 bits per heavy atom. The summed E-state index contributed by atoms with van der Waals surface area (Å²) in [7, 11) is 0. The predicted molar refractivity (Wildman–Crippen MR) is 117 cm³/mol. The number of nitrogens with one attached hydrogen (secondary N) is 2. The van der Waals surface area contributed by atoms with Gasteiger partial charge in [-0.05, 0) is 43.3 Å². The fourth-order valence-corrected chi connectivity index (χ4v) is 2.93. The van der Waals surface area contributed by atoms with Gasteiger partial charge in [0.05, 0.1) is 41.7 Å². The molecule has 0 saturated heterocycles. The molecule has 1 aliphatic carbocycles. The van der Waals surface area contributed by atoms with Crippen LogP contribution < -0.4 is 11.1 Å². The van der Waals surface area contributed by atoms with Gasteiger partial charge in [0.15, 0.2) is 5.72 Å². The maximum Gasteiger partial charge on any atom is 0.163 e. The SMILES string of the molecule is CC(O)(c1ccc(N=C2C=C(Nc3ccccc3)C(=N)C=C2N)cc1)N(O)CCO. The molecule has 156 valence electrons. The molecule has 0 radical (unpaired) electrons. The zero-order valence-electron chi connectivity index (χ0n) is 16.6. The third kappa shape index (κ3) is 4.81. The highest BCUT2D eigenvalue weighted by Crippen LogP contribution is 2.26. The first kappa shape index (κ1) is 21.4. The van der Waals surface area contributed by atoms with Crippen LogP contribution in [0.3, 0.4) is 0 Å². The zero-order chi connectivity index (χ0) is 21.7. The summed E-state index contributed by atoms with van der Waals surface area (Å²) in [5, 5.41) is 41.4. The molecule has 30 heavy (non-hydrogen) atoms. The van der Waals surface area contributed by atoms with Crippen LogP contribution in [0.2, 0.25) is 0 Å². The summed E-state index contributed by atoms with van der Waals surface area (Å²) < 4.78 is 0. The minimum atomic E-state index is -1.65. The molecule has 0 aliphatic heterocycles. The second-order valence-electron chi connectivity index (χ2n) is 6.97. The lowest BCUT2D eigenvalue weighted by Gasteiger charge is -2.31. The number of nitrogens with two attached hydrogens (primary N) is 1. The lowest BCUT2D eigenvalue weighted by molar-refractivity contribution is -0.263. The van der Waals surface area contributed by atoms with Crippen molar-refractivity contribution in [3.8, 4) is 0 Å². The minimum absolute atomic E-state index is 0.0909. The van der Waals surface area contributed by atoms with Gasteiger partial charge in [0.1, 0.15) is 0 Å². The Hall–Kier alpha value is -3.30. The van der Waals surface area contributed by atoms with Gasteiger partial charge in [0, 0.05) is 11.3 Å². The predicted octanol–water partition coefficient (Wildman–Crippen LogP) is 2.48. The smallest absolute Gasteiger partial charge is 0.163 e. The van der Waals surface area contributed by atoms with Crippen molar-refractivity contribution >= 4 is 22.8 Å². The van der Waals surface area contributed by atoms with Gasteiger partial charge in [-0.1, -0.05) is 30.3 Å². The maximum atomic E-state index is 10.5. The molecule has 8 nitrogen and oxygen atoms in total. The van der Waals surface area contributed by atoms with Gasteiger partial charge in [0.25, 0.3) is 0 Å². The zero-order valence-corrected chi connectivity index (χ0v) is 16.6. The minimum Gasteiger partial charge on any atom is -0.397 e. The van der Waals surface area contributed by atoms with Crippen molar-refractivity contribution in [2.24, 2.45) is 10.7 Å². The van der Waals surface area contributed by atoms with E-state index in [9.17, 15) is 10.3 Å². The van der Waals surface area contributed by atoms with E-state index in [-0.39, 0.29) is 18.9 Å². The molecule has 2 aromatic carbocycles. The number of aliphatic imine (C=N–C) groups is 1. The Bertz CT molecular complexity index is 995. The standard InChI is InChI=1S/C22H25N5O3/c1-22(29,27(30)11-12-28)15-7-9-17(10-8-15)26-21-14-20(18(23)13-19(21)24)25-16-5-3-2-4-6-16/h2-10,13-14,23,25,28-30H,11-12,24H2,1H3. The van der Waals surface area contributed by atoms with Crippen LogP contribution in [0.4, 0.5) is 11.4 Å². The molecule has 8 heteroatoms. The molecule has 7 N–H and O–H groups in total. The van der Waals surface area contributed by atoms with E-state index >= 15 is 0 Å². The Labute approximate surface area is 174 Å². The van der Waals surface area contributed by atoms with Crippen LogP contribution in [-0.2, 0) is 5.72 Å². The molecule has 2 aromatic rings. The number of para-hydroxylation sites is 1. The van der Waals surface area contributed by atoms with Crippen molar-refractivity contribution < 1.29 is 15.4 Å². The molecule has 0 aromatic heterocycles. The number of hydrogen-bond acceptors (Lipinski definition) is 8. The quantitative estimate of drug-likeness (QED) is 0.237. The van der Waals surface area contributed by atoms with Crippen LogP contribution >= 0.6 is 0 Å². The largest absolute Gasteiger partial charge is 0.397 e. The van der Waals surface area contributed by atoms with Crippen molar-refractivity contribution in [3.05, 3.63) is 83.7 Å². The van der Waals surface area contributed by atoms with E-state index in [2.05, 4.69) is 10.3 Å². The second-order valence-corrected chi connectivity index (χ2v) is 6.97. The maximum absolute atomic E-state index is 10.5. The fraction of sp³-hybridized carbons (Fsp3) is 0.182. The molecular weight excluding hydrogens is 382 g/mol. The van der Waals surface area contributed by atoms with Crippen LogP contribution in [0.25, 0.3) is 0 Å². The summed E-state index contributed by atoms with van der Waals surface area (Å²) in [4.78, 5) is 4.54. The molecule has 3 rings (SSSR count). The first-order valence-electron chi connectivity index (χ1n) is 9.40. The summed E-state index contributed by atoms with van der Waals surface area (Å²) >= 11 is 0. The Balaban J connectivity index is 1.84. The monoisotopic (exact) mass is 407 g/mol. The molecule has 0 spiro atoms. The highest BCUT2D eigenvalue weighted by atomic mass is 16.5. The summed E-state index contributed by atoms with van der Waals surface area (Å²) in [6, 6.07) is 16.2. The molecule has 0 fully saturated rings. The second kappa shape index (κ2) is 9.02. The number of anilines is 1. The third-order valence-corrected chi connectivity index (χ3v) is 4.70. The van der Waals surface area contributed by atoms with Gasteiger partial charge < -0.3 is 26.5 Å². The Morgan fingerprint density at radius 3 is 2.40 bits per heavy atom. The number of aliphatic hydroxyl groups excluding tert-OH is 1. The van der Waals surface area contributed by atoms with Crippen molar-refractivity contribution in [1.29, 1.82) is 5.41 Å². The van der Waals surface area contributed by atoms with E-state index in [0.717, 1.165) is 5.69 Å². The van der Waals surface area contributed by atoms with Crippen molar-refractivity contribution in [2.45, 2.75) is 12.6 Å². The van der Waals surface area contributed by atoms with Crippen molar-refractivity contribution in [1.82, 2.24) is 5.06 Å². The fourth-order valence-electron chi connectivity index (χ4n) is 2.93.